The normalized spacial score (nSPS) is 18.0. The van der Waals surface area contributed by atoms with Crippen molar-refractivity contribution in [2.45, 2.75) is 51.0 Å². The van der Waals surface area contributed by atoms with Crippen molar-refractivity contribution in [3.8, 4) is 0 Å². The second-order valence-electron chi connectivity index (χ2n) is 8.62. The Morgan fingerprint density at radius 2 is 2.12 bits per heavy atom. The van der Waals surface area contributed by atoms with Gasteiger partial charge in [-0.3, -0.25) is 4.79 Å². The van der Waals surface area contributed by atoms with Crippen LogP contribution in [-0.4, -0.2) is 45.9 Å². The Kier molecular flexibility index (Phi) is 7.43. The van der Waals surface area contributed by atoms with Gasteiger partial charge in [-0.25, -0.2) is 9.37 Å². The van der Waals surface area contributed by atoms with Gasteiger partial charge in [0, 0.05) is 43.9 Å². The Hall–Kier alpha value is -2.44. The third-order valence-corrected chi connectivity index (χ3v) is 6.63. The first-order valence-electron chi connectivity index (χ1n) is 11.4. The van der Waals surface area contributed by atoms with E-state index < -0.39 is 5.92 Å². The molecule has 32 heavy (non-hydrogen) atoms. The molecule has 1 fully saturated rings. The largest absolute Gasteiger partial charge is 0.356 e. The van der Waals surface area contributed by atoms with Crippen LogP contribution in [0, 0.1) is 5.82 Å². The number of likely N-dealkylation sites (tertiary alicyclic amines) is 1. The number of fused-ring (bicyclic) bond motifs is 1. The zero-order valence-electron chi connectivity index (χ0n) is 18.4. The quantitative estimate of drug-likeness (QED) is 0.483. The van der Waals surface area contributed by atoms with Crippen molar-refractivity contribution in [2.24, 2.45) is 0 Å². The van der Waals surface area contributed by atoms with Crippen LogP contribution in [0.5, 0.6) is 0 Å². The molecule has 1 aliphatic heterocycles. The number of nitrogens with one attached hydrogen (secondary N) is 1. The maximum Gasteiger partial charge on any atom is 0.221 e. The van der Waals surface area contributed by atoms with Gasteiger partial charge in [0.25, 0.3) is 0 Å². The van der Waals surface area contributed by atoms with E-state index in [-0.39, 0.29) is 18.1 Å². The van der Waals surface area contributed by atoms with Gasteiger partial charge in [-0.05, 0) is 56.5 Å². The summed E-state index contributed by atoms with van der Waals surface area (Å²) in [6.45, 7) is 5.02. The minimum absolute atomic E-state index is 0.0954. The summed E-state index contributed by atoms with van der Waals surface area (Å²) in [6.07, 6.45) is 8.32. The number of pyridine rings is 1. The molecule has 0 radical (unpaired) electrons. The predicted molar refractivity (Wildman–Crippen MR) is 126 cm³/mol. The van der Waals surface area contributed by atoms with Crippen LogP contribution in [0.2, 0.25) is 5.02 Å². The zero-order chi connectivity index (χ0) is 22.5. The molecule has 2 unspecified atom stereocenters. The molecule has 1 amide bonds. The molecule has 5 nitrogen and oxygen atoms in total. The van der Waals surface area contributed by atoms with Crippen molar-refractivity contribution < 1.29 is 9.18 Å². The molecule has 2 atom stereocenters. The zero-order valence-corrected chi connectivity index (χ0v) is 19.2. The van der Waals surface area contributed by atoms with Crippen LogP contribution in [0.15, 0.2) is 48.8 Å². The number of piperidine rings is 1. The number of carbonyl (C=O) groups excluding carboxylic acids is 1. The fraction of sp³-hybridized carbons (Fsp3) is 0.440. The summed E-state index contributed by atoms with van der Waals surface area (Å²) >= 11 is 6.19. The summed E-state index contributed by atoms with van der Waals surface area (Å²) in [7, 11) is 0. The van der Waals surface area contributed by atoms with Gasteiger partial charge < -0.3 is 14.6 Å². The van der Waals surface area contributed by atoms with Crippen LogP contribution >= 0.6 is 11.6 Å². The molecule has 0 spiro atoms. The average molecular weight is 457 g/mol. The Morgan fingerprint density at radius 3 is 2.94 bits per heavy atom. The second kappa shape index (κ2) is 10.5. The van der Waals surface area contributed by atoms with Crippen LogP contribution in [0.3, 0.4) is 0 Å². The number of rotatable bonds is 8. The molecule has 3 heterocycles. The van der Waals surface area contributed by atoms with E-state index in [0.29, 0.717) is 28.8 Å². The second-order valence-corrected chi connectivity index (χ2v) is 9.06. The molecule has 1 aliphatic rings. The fourth-order valence-corrected chi connectivity index (χ4v) is 4.78. The smallest absolute Gasteiger partial charge is 0.221 e. The molecule has 1 aromatic carbocycles. The highest BCUT2D eigenvalue weighted by molar-refractivity contribution is 6.30. The highest BCUT2D eigenvalue weighted by atomic mass is 35.5. The molecule has 4 rings (SSSR count). The van der Waals surface area contributed by atoms with Crippen LogP contribution in [0.4, 0.5) is 4.39 Å². The number of amides is 1. The van der Waals surface area contributed by atoms with Gasteiger partial charge in [-0.15, -0.1) is 0 Å². The highest BCUT2D eigenvalue weighted by Gasteiger charge is 2.24. The predicted octanol–water partition coefficient (Wildman–Crippen LogP) is 5.03. The summed E-state index contributed by atoms with van der Waals surface area (Å²) in [5, 5.41) is 3.59. The number of hydrogen-bond donors (Lipinski definition) is 1. The van der Waals surface area contributed by atoms with E-state index in [9.17, 15) is 9.18 Å². The summed E-state index contributed by atoms with van der Waals surface area (Å²) in [4.78, 5) is 19.8. The van der Waals surface area contributed by atoms with E-state index in [1.807, 2.05) is 10.5 Å². The number of aromatic nitrogens is 2. The molecule has 1 N–H and O–H groups in total. The van der Waals surface area contributed by atoms with Crippen molar-refractivity contribution in [1.29, 1.82) is 0 Å². The molecule has 7 heteroatoms. The van der Waals surface area contributed by atoms with Gasteiger partial charge in [0.15, 0.2) is 0 Å². The number of carbonyl (C=O) groups is 1. The maximum atomic E-state index is 14.7. The first-order valence-corrected chi connectivity index (χ1v) is 11.8. The van der Waals surface area contributed by atoms with Crippen LogP contribution in [0.25, 0.3) is 5.65 Å². The SMILES string of the molecule is CC1CCCCN1CCCNC(=O)CC(c1ccccc1F)c1cnc2ccc(Cl)cn12. The number of halogens is 2. The molecule has 0 saturated carbocycles. The summed E-state index contributed by atoms with van der Waals surface area (Å²) in [5.41, 5.74) is 1.93. The van der Waals surface area contributed by atoms with E-state index in [1.54, 1.807) is 36.7 Å². The Morgan fingerprint density at radius 1 is 1.28 bits per heavy atom. The topological polar surface area (TPSA) is 49.6 Å². The van der Waals surface area contributed by atoms with Crippen molar-refractivity contribution in [1.82, 2.24) is 19.6 Å². The molecule has 3 aromatic rings. The third kappa shape index (κ3) is 5.30. The van der Waals surface area contributed by atoms with E-state index in [1.165, 1.54) is 25.3 Å². The fourth-order valence-electron chi connectivity index (χ4n) is 4.62. The average Bonchev–Trinajstić information content (AvgIpc) is 3.19. The number of nitrogens with zero attached hydrogens (tertiary/aromatic N) is 3. The maximum absolute atomic E-state index is 14.7. The Labute approximate surface area is 193 Å². The first kappa shape index (κ1) is 22.7. The van der Waals surface area contributed by atoms with Crippen LogP contribution in [0.1, 0.15) is 56.2 Å². The van der Waals surface area contributed by atoms with Gasteiger partial charge >= 0.3 is 0 Å². The van der Waals surface area contributed by atoms with Crippen molar-refractivity contribution in [3.05, 3.63) is 70.9 Å². The van der Waals surface area contributed by atoms with Gasteiger partial charge in [0.2, 0.25) is 5.91 Å². The van der Waals surface area contributed by atoms with E-state index in [4.69, 9.17) is 11.6 Å². The third-order valence-electron chi connectivity index (χ3n) is 6.41. The van der Waals surface area contributed by atoms with Gasteiger partial charge in [-0.1, -0.05) is 36.2 Å². The number of imidazole rings is 1. The standard InChI is InChI=1S/C25H30ClFN4O/c1-18-7-4-5-13-30(18)14-6-12-28-25(32)15-21(20-8-2-3-9-22(20)27)23-16-29-24-11-10-19(26)17-31(23)24/h2-3,8-11,16-18,21H,4-7,12-15H2,1H3,(H,28,32). The van der Waals surface area contributed by atoms with E-state index in [0.717, 1.165) is 25.2 Å². The van der Waals surface area contributed by atoms with Gasteiger partial charge in [0.05, 0.1) is 10.7 Å². The lowest BCUT2D eigenvalue weighted by Gasteiger charge is -2.33. The molecule has 1 saturated heterocycles. The van der Waals surface area contributed by atoms with E-state index >= 15 is 0 Å². The molecule has 2 aromatic heterocycles. The monoisotopic (exact) mass is 456 g/mol. The Balaban J connectivity index is 1.45. The number of hydrogen-bond acceptors (Lipinski definition) is 3. The molecule has 170 valence electrons. The summed E-state index contributed by atoms with van der Waals surface area (Å²) in [5.74, 6) is -0.893. The Bertz CT molecular complexity index is 1070. The minimum Gasteiger partial charge on any atom is -0.356 e. The van der Waals surface area contributed by atoms with Gasteiger partial charge in [0.1, 0.15) is 11.5 Å². The summed E-state index contributed by atoms with van der Waals surface area (Å²) < 4.78 is 16.6. The molecular weight excluding hydrogens is 427 g/mol. The van der Waals surface area contributed by atoms with Crippen LogP contribution in [-0.2, 0) is 4.79 Å². The molecular formula is C25H30ClFN4O. The lowest BCUT2D eigenvalue weighted by atomic mass is 9.92. The summed E-state index contributed by atoms with van der Waals surface area (Å²) in [6, 6.07) is 10.8. The van der Waals surface area contributed by atoms with Crippen molar-refractivity contribution in [3.63, 3.8) is 0 Å². The number of benzene rings is 1. The highest BCUT2D eigenvalue weighted by Crippen LogP contribution is 2.31. The van der Waals surface area contributed by atoms with E-state index in [2.05, 4.69) is 22.1 Å². The molecule has 0 bridgehead atoms. The van der Waals surface area contributed by atoms with Crippen LogP contribution < -0.4 is 5.32 Å². The molecule has 0 aliphatic carbocycles. The lowest BCUT2D eigenvalue weighted by molar-refractivity contribution is -0.121. The van der Waals surface area contributed by atoms with Crippen molar-refractivity contribution >= 4 is 23.2 Å². The minimum atomic E-state index is -0.466. The van der Waals surface area contributed by atoms with Gasteiger partial charge in [-0.2, -0.15) is 0 Å². The van der Waals surface area contributed by atoms with Crippen molar-refractivity contribution in [2.75, 3.05) is 19.6 Å². The first-order chi connectivity index (χ1) is 15.5. The lowest BCUT2D eigenvalue weighted by Crippen LogP contribution is -2.39.